The van der Waals surface area contributed by atoms with Crippen molar-refractivity contribution in [3.05, 3.63) is 18.0 Å². The van der Waals surface area contributed by atoms with Crippen molar-refractivity contribution in [1.29, 1.82) is 0 Å². The first-order chi connectivity index (χ1) is 8.36. The van der Waals surface area contributed by atoms with Gasteiger partial charge in [0.15, 0.2) is 0 Å². The average Bonchev–Trinajstić information content (AvgIpc) is 3.01. The van der Waals surface area contributed by atoms with Crippen LogP contribution in [-0.4, -0.2) is 41.0 Å². The van der Waals surface area contributed by atoms with Gasteiger partial charge in [0.05, 0.1) is 18.3 Å². The van der Waals surface area contributed by atoms with Gasteiger partial charge in [-0.05, 0) is 31.7 Å². The standard InChI is InChI=1S/C13H21N3O/c1-2-17-10-13-9-15(7-11-3-4-11)8-12-5-6-14-16(12)13/h5-6,11,13H,2-4,7-10H2,1H3/t13-/m1/s1. The van der Waals surface area contributed by atoms with Gasteiger partial charge in [-0.2, -0.15) is 5.10 Å². The summed E-state index contributed by atoms with van der Waals surface area (Å²) < 4.78 is 7.73. The maximum absolute atomic E-state index is 5.58. The molecule has 2 aliphatic rings. The van der Waals surface area contributed by atoms with Crippen molar-refractivity contribution < 1.29 is 4.74 Å². The van der Waals surface area contributed by atoms with Gasteiger partial charge in [-0.15, -0.1) is 0 Å². The third-order valence-corrected chi connectivity index (χ3v) is 3.68. The SMILES string of the molecule is CCOC[C@H]1CN(CC2CC2)Cc2ccnn21. The molecule has 0 bridgehead atoms. The molecule has 1 saturated carbocycles. The molecule has 1 aliphatic heterocycles. The third kappa shape index (κ3) is 2.53. The molecule has 0 amide bonds. The number of hydrogen-bond acceptors (Lipinski definition) is 3. The second-order valence-corrected chi connectivity index (χ2v) is 5.22. The molecule has 0 aromatic carbocycles. The molecule has 0 unspecified atom stereocenters. The lowest BCUT2D eigenvalue weighted by atomic mass is 10.2. The lowest BCUT2D eigenvalue weighted by molar-refractivity contribution is 0.0692. The highest BCUT2D eigenvalue weighted by atomic mass is 16.5. The van der Waals surface area contributed by atoms with E-state index in [4.69, 9.17) is 4.74 Å². The van der Waals surface area contributed by atoms with E-state index in [1.165, 1.54) is 25.1 Å². The van der Waals surface area contributed by atoms with E-state index < -0.39 is 0 Å². The Bertz CT molecular complexity index is 372. The first kappa shape index (κ1) is 11.2. The van der Waals surface area contributed by atoms with Gasteiger partial charge in [0.1, 0.15) is 0 Å². The van der Waals surface area contributed by atoms with Crippen LogP contribution in [0.3, 0.4) is 0 Å². The van der Waals surface area contributed by atoms with Gasteiger partial charge in [-0.3, -0.25) is 9.58 Å². The largest absolute Gasteiger partial charge is 0.379 e. The molecular weight excluding hydrogens is 214 g/mol. The predicted octanol–water partition coefficient (Wildman–Crippen LogP) is 1.69. The maximum atomic E-state index is 5.58. The minimum Gasteiger partial charge on any atom is -0.379 e. The van der Waals surface area contributed by atoms with Crippen LogP contribution < -0.4 is 0 Å². The summed E-state index contributed by atoms with van der Waals surface area (Å²) in [6, 6.07) is 2.53. The van der Waals surface area contributed by atoms with Gasteiger partial charge in [0.2, 0.25) is 0 Å². The van der Waals surface area contributed by atoms with E-state index in [2.05, 4.69) is 27.7 Å². The molecule has 0 radical (unpaired) electrons. The van der Waals surface area contributed by atoms with Crippen molar-refractivity contribution >= 4 is 0 Å². The zero-order valence-electron chi connectivity index (χ0n) is 10.5. The van der Waals surface area contributed by atoms with Gasteiger partial charge in [0, 0.05) is 32.4 Å². The minimum atomic E-state index is 0.396. The van der Waals surface area contributed by atoms with Gasteiger partial charge in [-0.25, -0.2) is 0 Å². The van der Waals surface area contributed by atoms with E-state index in [9.17, 15) is 0 Å². The lowest BCUT2D eigenvalue weighted by Gasteiger charge is -2.33. The van der Waals surface area contributed by atoms with Crippen LogP contribution in [0.15, 0.2) is 12.3 Å². The summed E-state index contributed by atoms with van der Waals surface area (Å²) in [6.07, 6.45) is 4.76. The Morgan fingerprint density at radius 2 is 2.35 bits per heavy atom. The highest BCUT2D eigenvalue weighted by Gasteiger charge is 2.30. The number of fused-ring (bicyclic) bond motifs is 1. The Kier molecular flexibility index (Phi) is 3.16. The quantitative estimate of drug-likeness (QED) is 0.778. The first-order valence-corrected chi connectivity index (χ1v) is 6.69. The molecule has 2 heterocycles. The Morgan fingerprint density at radius 3 is 3.12 bits per heavy atom. The molecule has 4 heteroatoms. The third-order valence-electron chi connectivity index (χ3n) is 3.68. The zero-order valence-corrected chi connectivity index (χ0v) is 10.5. The summed E-state index contributed by atoms with van der Waals surface area (Å²) >= 11 is 0. The topological polar surface area (TPSA) is 30.3 Å². The molecule has 0 saturated heterocycles. The summed E-state index contributed by atoms with van der Waals surface area (Å²) in [7, 11) is 0. The molecule has 94 valence electrons. The molecule has 1 aromatic heterocycles. The van der Waals surface area contributed by atoms with Crippen molar-refractivity contribution in [1.82, 2.24) is 14.7 Å². The van der Waals surface area contributed by atoms with Gasteiger partial charge in [0.25, 0.3) is 0 Å². The van der Waals surface area contributed by atoms with Crippen LogP contribution in [0.4, 0.5) is 0 Å². The van der Waals surface area contributed by atoms with Gasteiger partial charge in [-0.1, -0.05) is 0 Å². The van der Waals surface area contributed by atoms with E-state index in [1.807, 2.05) is 6.20 Å². The Hall–Kier alpha value is -0.870. The van der Waals surface area contributed by atoms with Crippen LogP contribution in [0.2, 0.25) is 0 Å². The van der Waals surface area contributed by atoms with Gasteiger partial charge < -0.3 is 4.74 Å². The van der Waals surface area contributed by atoms with Gasteiger partial charge >= 0.3 is 0 Å². The number of rotatable bonds is 5. The molecule has 1 aliphatic carbocycles. The lowest BCUT2D eigenvalue weighted by Crippen LogP contribution is -2.40. The smallest absolute Gasteiger partial charge is 0.0883 e. The average molecular weight is 235 g/mol. The summed E-state index contributed by atoms with van der Waals surface area (Å²) in [5, 5.41) is 4.43. The fourth-order valence-corrected chi connectivity index (χ4v) is 2.65. The normalized spacial score (nSPS) is 24.9. The maximum Gasteiger partial charge on any atom is 0.0883 e. The molecule has 4 nitrogen and oxygen atoms in total. The zero-order chi connectivity index (χ0) is 11.7. The monoisotopic (exact) mass is 235 g/mol. The van der Waals surface area contributed by atoms with E-state index >= 15 is 0 Å². The molecule has 0 spiro atoms. The first-order valence-electron chi connectivity index (χ1n) is 6.69. The highest BCUT2D eigenvalue weighted by Crippen LogP contribution is 2.32. The summed E-state index contributed by atoms with van der Waals surface area (Å²) in [5.41, 5.74) is 1.33. The van der Waals surface area contributed by atoms with Crippen molar-refractivity contribution in [2.75, 3.05) is 26.3 Å². The van der Waals surface area contributed by atoms with Crippen molar-refractivity contribution in [2.24, 2.45) is 5.92 Å². The second-order valence-electron chi connectivity index (χ2n) is 5.22. The number of nitrogens with zero attached hydrogens (tertiary/aromatic N) is 3. The van der Waals surface area contributed by atoms with Crippen LogP contribution in [0.1, 0.15) is 31.5 Å². The van der Waals surface area contributed by atoms with E-state index in [-0.39, 0.29) is 0 Å². The highest BCUT2D eigenvalue weighted by molar-refractivity contribution is 5.05. The van der Waals surface area contributed by atoms with Crippen LogP contribution in [0, 0.1) is 5.92 Å². The molecule has 1 atom stereocenters. The van der Waals surface area contributed by atoms with Crippen molar-refractivity contribution in [3.63, 3.8) is 0 Å². The summed E-state index contributed by atoms with van der Waals surface area (Å²) in [6.45, 7) is 7.02. The summed E-state index contributed by atoms with van der Waals surface area (Å²) in [4.78, 5) is 2.57. The van der Waals surface area contributed by atoms with E-state index in [0.717, 1.165) is 32.2 Å². The number of aromatic nitrogens is 2. The number of hydrogen-bond donors (Lipinski definition) is 0. The number of ether oxygens (including phenoxy) is 1. The Balaban J connectivity index is 1.69. The van der Waals surface area contributed by atoms with E-state index in [1.54, 1.807) is 0 Å². The molecule has 3 rings (SSSR count). The minimum absolute atomic E-state index is 0.396. The Morgan fingerprint density at radius 1 is 1.47 bits per heavy atom. The van der Waals surface area contributed by atoms with Crippen LogP contribution in [-0.2, 0) is 11.3 Å². The second kappa shape index (κ2) is 4.78. The molecule has 1 aromatic rings. The Labute approximate surface area is 103 Å². The molecular formula is C13H21N3O. The molecule has 1 fully saturated rings. The van der Waals surface area contributed by atoms with Crippen LogP contribution >= 0.6 is 0 Å². The van der Waals surface area contributed by atoms with Crippen LogP contribution in [0.25, 0.3) is 0 Å². The molecule has 17 heavy (non-hydrogen) atoms. The van der Waals surface area contributed by atoms with E-state index in [0.29, 0.717) is 6.04 Å². The van der Waals surface area contributed by atoms with Crippen LogP contribution in [0.5, 0.6) is 0 Å². The fraction of sp³-hybridized carbons (Fsp3) is 0.769. The van der Waals surface area contributed by atoms with Crippen molar-refractivity contribution in [2.45, 2.75) is 32.4 Å². The predicted molar refractivity (Wildman–Crippen MR) is 65.8 cm³/mol. The summed E-state index contributed by atoms with van der Waals surface area (Å²) in [5.74, 6) is 0.956. The van der Waals surface area contributed by atoms with Crippen molar-refractivity contribution in [3.8, 4) is 0 Å². The molecule has 0 N–H and O–H groups in total. The fourth-order valence-electron chi connectivity index (χ4n) is 2.65.